The Balaban J connectivity index is 1.28. The van der Waals surface area contributed by atoms with Crippen LogP contribution in [0.15, 0.2) is 53.1 Å². The molecule has 0 bridgehead atoms. The average molecular weight is 368 g/mol. The third kappa shape index (κ3) is 5.98. The molecule has 0 radical (unpaired) electrons. The third-order valence-corrected chi connectivity index (χ3v) is 5.25. The van der Waals surface area contributed by atoms with E-state index < -0.39 is 0 Å². The van der Waals surface area contributed by atoms with Crippen LogP contribution in [-0.4, -0.2) is 36.3 Å². The van der Waals surface area contributed by atoms with Crippen molar-refractivity contribution in [3.8, 4) is 0 Å². The summed E-state index contributed by atoms with van der Waals surface area (Å²) in [6.45, 7) is 2.20. The minimum Gasteiger partial charge on any atom is -0.459 e. The van der Waals surface area contributed by atoms with Crippen LogP contribution in [0, 0.1) is 5.92 Å². The number of hydrogen-bond acceptors (Lipinski definition) is 3. The lowest BCUT2D eigenvalue weighted by molar-refractivity contribution is -0.132. The summed E-state index contributed by atoms with van der Waals surface area (Å²) in [6, 6.07) is 13.9. The molecule has 0 unspecified atom stereocenters. The van der Waals surface area contributed by atoms with E-state index in [1.807, 2.05) is 4.90 Å². The summed E-state index contributed by atoms with van der Waals surface area (Å²) in [5.41, 5.74) is 1.40. The number of nitrogens with zero attached hydrogens (tertiary/aromatic N) is 1. The number of furan rings is 1. The second kappa shape index (κ2) is 9.95. The molecule has 27 heavy (non-hydrogen) atoms. The van der Waals surface area contributed by atoms with Crippen molar-refractivity contribution in [1.82, 2.24) is 10.2 Å². The lowest BCUT2D eigenvalue weighted by atomic mass is 9.90. The van der Waals surface area contributed by atoms with Crippen molar-refractivity contribution in [1.29, 1.82) is 0 Å². The summed E-state index contributed by atoms with van der Waals surface area (Å²) in [6.07, 6.45) is 7.11. The van der Waals surface area contributed by atoms with Gasteiger partial charge < -0.3 is 14.6 Å². The highest BCUT2D eigenvalue weighted by Gasteiger charge is 2.22. The first-order valence-electron chi connectivity index (χ1n) is 9.86. The molecule has 2 amide bonds. The molecule has 1 aromatic heterocycles. The highest BCUT2D eigenvalue weighted by atomic mass is 16.3. The van der Waals surface area contributed by atoms with Crippen LogP contribution in [0.1, 0.15) is 48.2 Å². The number of carbonyl (C=O) groups is 2. The van der Waals surface area contributed by atoms with Crippen molar-refractivity contribution in [2.75, 3.05) is 19.6 Å². The van der Waals surface area contributed by atoms with E-state index in [0.29, 0.717) is 31.1 Å². The van der Waals surface area contributed by atoms with Crippen LogP contribution in [0.4, 0.5) is 0 Å². The van der Waals surface area contributed by atoms with Gasteiger partial charge >= 0.3 is 0 Å². The lowest BCUT2D eigenvalue weighted by Crippen LogP contribution is -2.38. The standard InChI is InChI=1S/C22H28N2O3/c25-21(9-4-14-23-22(26)20-8-5-17-27-20)24-15-12-19(13-16-24)11-10-18-6-2-1-3-7-18/h1-3,5-8,17,19H,4,9-16H2,(H,23,26). The smallest absolute Gasteiger partial charge is 0.286 e. The van der Waals surface area contributed by atoms with Crippen LogP contribution in [0.25, 0.3) is 0 Å². The molecule has 1 N–H and O–H groups in total. The number of likely N-dealkylation sites (tertiary alicyclic amines) is 1. The fourth-order valence-corrected chi connectivity index (χ4v) is 3.58. The van der Waals surface area contributed by atoms with Gasteiger partial charge in [-0.3, -0.25) is 9.59 Å². The Morgan fingerprint density at radius 3 is 2.56 bits per heavy atom. The Morgan fingerprint density at radius 2 is 1.85 bits per heavy atom. The summed E-state index contributed by atoms with van der Waals surface area (Å²) in [4.78, 5) is 26.1. The molecule has 5 nitrogen and oxygen atoms in total. The third-order valence-electron chi connectivity index (χ3n) is 5.25. The molecule has 0 saturated carbocycles. The zero-order valence-electron chi connectivity index (χ0n) is 15.7. The molecule has 0 aliphatic carbocycles. The number of carbonyl (C=O) groups excluding carboxylic acids is 2. The van der Waals surface area contributed by atoms with Gasteiger partial charge in [-0.2, -0.15) is 0 Å². The Kier molecular flexibility index (Phi) is 7.08. The van der Waals surface area contributed by atoms with Crippen LogP contribution in [0.3, 0.4) is 0 Å². The van der Waals surface area contributed by atoms with E-state index in [1.165, 1.54) is 18.2 Å². The quantitative estimate of drug-likeness (QED) is 0.723. The van der Waals surface area contributed by atoms with Gasteiger partial charge in [-0.1, -0.05) is 30.3 Å². The maximum atomic E-state index is 12.4. The van der Waals surface area contributed by atoms with Gasteiger partial charge in [0.2, 0.25) is 5.91 Å². The molecule has 0 spiro atoms. The number of rotatable bonds is 8. The maximum Gasteiger partial charge on any atom is 0.286 e. The van der Waals surface area contributed by atoms with Gasteiger partial charge in [0.25, 0.3) is 5.91 Å². The number of aryl methyl sites for hydroxylation is 1. The van der Waals surface area contributed by atoms with Crippen molar-refractivity contribution in [2.45, 2.75) is 38.5 Å². The second-order valence-corrected chi connectivity index (χ2v) is 7.19. The molecule has 1 saturated heterocycles. The zero-order chi connectivity index (χ0) is 18.9. The highest BCUT2D eigenvalue weighted by Crippen LogP contribution is 2.23. The topological polar surface area (TPSA) is 62.6 Å². The summed E-state index contributed by atoms with van der Waals surface area (Å²) in [5.74, 6) is 0.983. The first-order valence-corrected chi connectivity index (χ1v) is 9.86. The van der Waals surface area contributed by atoms with Crippen LogP contribution in [0.2, 0.25) is 0 Å². The maximum absolute atomic E-state index is 12.4. The molecule has 1 aliphatic heterocycles. The molecule has 0 atom stereocenters. The highest BCUT2D eigenvalue weighted by molar-refractivity contribution is 5.91. The molecule has 5 heteroatoms. The summed E-state index contributed by atoms with van der Waals surface area (Å²) < 4.78 is 5.04. The summed E-state index contributed by atoms with van der Waals surface area (Å²) >= 11 is 0. The van der Waals surface area contributed by atoms with Crippen molar-refractivity contribution >= 4 is 11.8 Å². The molecule has 1 fully saturated rings. The van der Waals surface area contributed by atoms with Crippen LogP contribution in [-0.2, 0) is 11.2 Å². The second-order valence-electron chi connectivity index (χ2n) is 7.19. The molecule has 144 valence electrons. The number of amides is 2. The van der Waals surface area contributed by atoms with Gasteiger partial charge in [0, 0.05) is 26.1 Å². The normalized spacial score (nSPS) is 14.9. The largest absolute Gasteiger partial charge is 0.459 e. The fraction of sp³-hybridized carbons (Fsp3) is 0.455. The molecule has 1 aromatic carbocycles. The SMILES string of the molecule is O=C(NCCCC(=O)N1CCC(CCc2ccccc2)CC1)c1ccco1. The Hall–Kier alpha value is -2.56. The first-order chi connectivity index (χ1) is 13.2. The predicted octanol–water partition coefficient (Wildman–Crippen LogP) is 3.66. The van der Waals surface area contributed by atoms with Crippen molar-refractivity contribution in [2.24, 2.45) is 5.92 Å². The molecule has 2 heterocycles. The van der Waals surface area contributed by atoms with E-state index >= 15 is 0 Å². The Morgan fingerprint density at radius 1 is 1.07 bits per heavy atom. The Labute approximate surface area is 160 Å². The number of hydrogen-bond donors (Lipinski definition) is 1. The van der Waals surface area contributed by atoms with Crippen LogP contribution >= 0.6 is 0 Å². The minimum atomic E-state index is -0.230. The van der Waals surface area contributed by atoms with E-state index in [9.17, 15) is 9.59 Å². The van der Waals surface area contributed by atoms with Gasteiger partial charge in [-0.15, -0.1) is 0 Å². The van der Waals surface area contributed by atoms with Gasteiger partial charge in [-0.05, 0) is 55.7 Å². The van der Waals surface area contributed by atoms with Gasteiger partial charge in [-0.25, -0.2) is 0 Å². The van der Waals surface area contributed by atoms with E-state index in [4.69, 9.17) is 4.42 Å². The molecule has 3 rings (SSSR count). The van der Waals surface area contributed by atoms with Crippen molar-refractivity contribution in [3.63, 3.8) is 0 Å². The van der Waals surface area contributed by atoms with Crippen LogP contribution in [0.5, 0.6) is 0 Å². The molecule has 2 aromatic rings. The van der Waals surface area contributed by atoms with E-state index in [-0.39, 0.29) is 11.8 Å². The van der Waals surface area contributed by atoms with Crippen molar-refractivity contribution < 1.29 is 14.0 Å². The lowest BCUT2D eigenvalue weighted by Gasteiger charge is -2.32. The van der Waals surface area contributed by atoms with Gasteiger partial charge in [0.1, 0.15) is 0 Å². The molecular weight excluding hydrogens is 340 g/mol. The van der Waals surface area contributed by atoms with E-state index in [0.717, 1.165) is 32.4 Å². The summed E-state index contributed by atoms with van der Waals surface area (Å²) in [7, 11) is 0. The Bertz CT molecular complexity index is 704. The van der Waals surface area contributed by atoms with Gasteiger partial charge in [0.05, 0.1) is 6.26 Å². The fourth-order valence-electron chi connectivity index (χ4n) is 3.58. The average Bonchev–Trinajstić information content (AvgIpc) is 3.25. The van der Waals surface area contributed by atoms with E-state index in [1.54, 1.807) is 12.1 Å². The first kappa shape index (κ1) is 19.2. The molecule has 1 aliphatic rings. The molecular formula is C22H28N2O3. The minimum absolute atomic E-state index is 0.198. The summed E-state index contributed by atoms with van der Waals surface area (Å²) in [5, 5.41) is 2.78. The number of benzene rings is 1. The predicted molar refractivity (Wildman–Crippen MR) is 104 cm³/mol. The number of nitrogens with one attached hydrogen (secondary N) is 1. The number of piperidine rings is 1. The monoisotopic (exact) mass is 368 g/mol. The van der Waals surface area contributed by atoms with E-state index in [2.05, 4.69) is 35.6 Å². The van der Waals surface area contributed by atoms with Gasteiger partial charge in [0.15, 0.2) is 5.76 Å². The van der Waals surface area contributed by atoms with Crippen molar-refractivity contribution in [3.05, 3.63) is 60.1 Å². The van der Waals surface area contributed by atoms with Crippen LogP contribution < -0.4 is 5.32 Å². The zero-order valence-corrected chi connectivity index (χ0v) is 15.7.